The van der Waals surface area contributed by atoms with Gasteiger partial charge in [-0.1, -0.05) is 13.8 Å². The lowest BCUT2D eigenvalue weighted by Gasteiger charge is -2.14. The first-order valence-electron chi connectivity index (χ1n) is 5.60. The first kappa shape index (κ1) is 14.6. The predicted molar refractivity (Wildman–Crippen MR) is 71.8 cm³/mol. The molecule has 18 heavy (non-hydrogen) atoms. The second kappa shape index (κ2) is 5.95. The van der Waals surface area contributed by atoms with Crippen LogP contribution in [-0.2, 0) is 10.0 Å². The van der Waals surface area contributed by atoms with Crippen molar-refractivity contribution in [2.45, 2.75) is 13.8 Å². The fourth-order valence-electron chi connectivity index (χ4n) is 1.54. The molecule has 0 atom stereocenters. The standard InChI is InChI=1S/C12H19NO4S/c1-9(2)8-18(14,15)13-11-7-10(16-3)5-6-12(11)17-4/h5-7,9,13H,8H2,1-4H3. The largest absolute Gasteiger partial charge is 0.497 e. The summed E-state index contributed by atoms with van der Waals surface area (Å²) in [6.07, 6.45) is 0. The number of ether oxygens (including phenoxy) is 2. The van der Waals surface area contributed by atoms with Crippen LogP contribution >= 0.6 is 0 Å². The lowest BCUT2D eigenvalue weighted by molar-refractivity contribution is 0.405. The average molecular weight is 273 g/mol. The number of sulfonamides is 1. The Morgan fingerprint density at radius 3 is 2.39 bits per heavy atom. The lowest BCUT2D eigenvalue weighted by Crippen LogP contribution is -2.20. The Labute approximate surface area is 108 Å². The maximum absolute atomic E-state index is 11.9. The molecule has 1 aromatic carbocycles. The van der Waals surface area contributed by atoms with E-state index in [1.54, 1.807) is 18.2 Å². The number of nitrogens with one attached hydrogen (secondary N) is 1. The van der Waals surface area contributed by atoms with E-state index < -0.39 is 10.0 Å². The van der Waals surface area contributed by atoms with Crippen LogP contribution in [0.3, 0.4) is 0 Å². The third kappa shape index (κ3) is 4.10. The van der Waals surface area contributed by atoms with Gasteiger partial charge in [-0.3, -0.25) is 4.72 Å². The zero-order valence-electron chi connectivity index (χ0n) is 11.1. The summed E-state index contributed by atoms with van der Waals surface area (Å²) in [5.74, 6) is 1.15. The van der Waals surface area contributed by atoms with Gasteiger partial charge in [0.25, 0.3) is 0 Å². The van der Waals surface area contributed by atoms with Crippen LogP contribution in [0.1, 0.15) is 13.8 Å². The van der Waals surface area contributed by atoms with Gasteiger partial charge in [0.2, 0.25) is 10.0 Å². The predicted octanol–water partition coefficient (Wildman–Crippen LogP) is 2.10. The number of anilines is 1. The number of methoxy groups -OCH3 is 2. The van der Waals surface area contributed by atoms with E-state index in [4.69, 9.17) is 9.47 Å². The van der Waals surface area contributed by atoms with Crippen molar-refractivity contribution in [2.75, 3.05) is 24.7 Å². The Hall–Kier alpha value is -1.43. The number of hydrogen-bond acceptors (Lipinski definition) is 4. The minimum Gasteiger partial charge on any atom is -0.497 e. The molecule has 0 radical (unpaired) electrons. The van der Waals surface area contributed by atoms with Crippen LogP contribution in [0.15, 0.2) is 18.2 Å². The molecular weight excluding hydrogens is 254 g/mol. The zero-order chi connectivity index (χ0) is 13.8. The molecule has 0 aliphatic carbocycles. The van der Waals surface area contributed by atoms with Gasteiger partial charge in [-0.2, -0.15) is 0 Å². The van der Waals surface area contributed by atoms with Gasteiger partial charge in [-0.25, -0.2) is 8.42 Å². The molecule has 1 N–H and O–H groups in total. The molecule has 0 aromatic heterocycles. The van der Waals surface area contributed by atoms with Gasteiger partial charge in [-0.15, -0.1) is 0 Å². The van der Waals surface area contributed by atoms with Crippen molar-refractivity contribution in [1.29, 1.82) is 0 Å². The molecule has 102 valence electrons. The van der Waals surface area contributed by atoms with Gasteiger partial charge < -0.3 is 9.47 Å². The summed E-state index contributed by atoms with van der Waals surface area (Å²) in [5, 5.41) is 0. The molecule has 0 unspecified atom stereocenters. The molecule has 0 fully saturated rings. The number of rotatable bonds is 6. The van der Waals surface area contributed by atoms with Crippen molar-refractivity contribution in [1.82, 2.24) is 0 Å². The molecule has 0 aliphatic heterocycles. The number of benzene rings is 1. The van der Waals surface area contributed by atoms with E-state index in [-0.39, 0.29) is 11.7 Å². The van der Waals surface area contributed by atoms with Gasteiger partial charge >= 0.3 is 0 Å². The summed E-state index contributed by atoms with van der Waals surface area (Å²) in [7, 11) is -0.367. The molecule has 1 rings (SSSR count). The second-order valence-electron chi connectivity index (χ2n) is 4.34. The van der Waals surface area contributed by atoms with Crippen molar-refractivity contribution in [2.24, 2.45) is 5.92 Å². The molecule has 0 spiro atoms. The fourth-order valence-corrected chi connectivity index (χ4v) is 3.00. The Morgan fingerprint density at radius 2 is 1.89 bits per heavy atom. The second-order valence-corrected chi connectivity index (χ2v) is 6.11. The average Bonchev–Trinajstić information content (AvgIpc) is 2.26. The van der Waals surface area contributed by atoms with E-state index in [0.717, 1.165) is 0 Å². The Kier molecular flexibility index (Phi) is 4.84. The molecule has 0 saturated heterocycles. The van der Waals surface area contributed by atoms with Crippen LogP contribution in [0, 0.1) is 5.92 Å². The quantitative estimate of drug-likeness (QED) is 0.862. The van der Waals surface area contributed by atoms with E-state index in [0.29, 0.717) is 17.2 Å². The van der Waals surface area contributed by atoms with Gasteiger partial charge in [0.15, 0.2) is 0 Å². The smallest absolute Gasteiger partial charge is 0.233 e. The van der Waals surface area contributed by atoms with E-state index in [1.807, 2.05) is 13.8 Å². The van der Waals surface area contributed by atoms with Gasteiger partial charge in [-0.05, 0) is 18.1 Å². The number of hydrogen-bond donors (Lipinski definition) is 1. The summed E-state index contributed by atoms with van der Waals surface area (Å²) in [5.41, 5.74) is 0.387. The van der Waals surface area contributed by atoms with Crippen LogP contribution < -0.4 is 14.2 Å². The van der Waals surface area contributed by atoms with Crippen molar-refractivity contribution < 1.29 is 17.9 Å². The zero-order valence-corrected chi connectivity index (χ0v) is 11.9. The monoisotopic (exact) mass is 273 g/mol. The first-order valence-corrected chi connectivity index (χ1v) is 7.25. The minimum atomic E-state index is -3.38. The van der Waals surface area contributed by atoms with Crippen LogP contribution in [0.25, 0.3) is 0 Å². The van der Waals surface area contributed by atoms with Gasteiger partial charge in [0.05, 0.1) is 25.7 Å². The van der Waals surface area contributed by atoms with E-state index in [1.165, 1.54) is 14.2 Å². The van der Waals surface area contributed by atoms with E-state index >= 15 is 0 Å². The summed E-state index contributed by atoms with van der Waals surface area (Å²) >= 11 is 0. The summed E-state index contributed by atoms with van der Waals surface area (Å²) in [6.45, 7) is 3.70. The first-order chi connectivity index (χ1) is 8.38. The van der Waals surface area contributed by atoms with E-state index in [2.05, 4.69) is 4.72 Å². The van der Waals surface area contributed by atoms with Crippen molar-refractivity contribution in [3.63, 3.8) is 0 Å². The SMILES string of the molecule is COc1ccc(OC)c(NS(=O)(=O)CC(C)C)c1. The molecular formula is C12H19NO4S. The Balaban J connectivity index is 3.01. The summed E-state index contributed by atoms with van der Waals surface area (Å²) in [4.78, 5) is 0. The molecule has 0 bridgehead atoms. The normalized spacial score (nSPS) is 11.4. The Morgan fingerprint density at radius 1 is 1.22 bits per heavy atom. The topological polar surface area (TPSA) is 64.6 Å². The molecule has 5 nitrogen and oxygen atoms in total. The van der Waals surface area contributed by atoms with Crippen molar-refractivity contribution in [3.05, 3.63) is 18.2 Å². The molecule has 0 saturated carbocycles. The van der Waals surface area contributed by atoms with Crippen LogP contribution in [0.2, 0.25) is 0 Å². The van der Waals surface area contributed by atoms with Gasteiger partial charge in [0, 0.05) is 6.07 Å². The Bertz CT molecular complexity index is 497. The third-order valence-corrected chi connectivity index (χ3v) is 3.86. The van der Waals surface area contributed by atoms with Crippen LogP contribution in [-0.4, -0.2) is 28.4 Å². The maximum Gasteiger partial charge on any atom is 0.233 e. The minimum absolute atomic E-state index is 0.0547. The maximum atomic E-state index is 11.9. The van der Waals surface area contributed by atoms with Crippen molar-refractivity contribution in [3.8, 4) is 11.5 Å². The lowest BCUT2D eigenvalue weighted by atomic mass is 10.3. The highest BCUT2D eigenvalue weighted by atomic mass is 32.2. The summed E-state index contributed by atoms with van der Waals surface area (Å²) < 4.78 is 36.4. The van der Waals surface area contributed by atoms with Crippen molar-refractivity contribution >= 4 is 15.7 Å². The molecule has 6 heteroatoms. The highest BCUT2D eigenvalue weighted by Crippen LogP contribution is 2.29. The highest BCUT2D eigenvalue weighted by molar-refractivity contribution is 7.92. The highest BCUT2D eigenvalue weighted by Gasteiger charge is 2.16. The van der Waals surface area contributed by atoms with Crippen LogP contribution in [0.5, 0.6) is 11.5 Å². The fraction of sp³-hybridized carbons (Fsp3) is 0.500. The third-order valence-electron chi connectivity index (χ3n) is 2.22. The van der Waals surface area contributed by atoms with Crippen LogP contribution in [0.4, 0.5) is 5.69 Å². The van der Waals surface area contributed by atoms with E-state index in [9.17, 15) is 8.42 Å². The molecule has 0 amide bonds. The molecule has 0 aliphatic rings. The summed E-state index contributed by atoms with van der Waals surface area (Å²) in [6, 6.07) is 4.96. The van der Waals surface area contributed by atoms with Gasteiger partial charge in [0.1, 0.15) is 11.5 Å². The molecule has 1 aromatic rings. The molecule has 0 heterocycles.